The molecule has 1 N–H and O–H groups in total. The molecule has 0 aliphatic rings. The highest BCUT2D eigenvalue weighted by Gasteiger charge is 2.13. The number of carboxylic acid groups (broad SMARTS) is 1. The number of nitrogens with zero attached hydrogens (tertiary/aromatic N) is 1. The van der Waals surface area contributed by atoms with Crippen molar-refractivity contribution >= 4 is 11.7 Å². The van der Waals surface area contributed by atoms with Gasteiger partial charge in [-0.3, -0.25) is 4.79 Å². The van der Waals surface area contributed by atoms with Crippen LogP contribution in [0.1, 0.15) is 16.7 Å². The first kappa shape index (κ1) is 14.1. The van der Waals surface area contributed by atoms with Crippen LogP contribution in [-0.2, 0) is 11.3 Å². The van der Waals surface area contributed by atoms with Crippen LogP contribution in [0.3, 0.4) is 0 Å². The lowest BCUT2D eigenvalue weighted by Crippen LogP contribution is -2.29. The van der Waals surface area contributed by atoms with Gasteiger partial charge in [-0.1, -0.05) is 42.5 Å². The first-order valence-electron chi connectivity index (χ1n) is 6.64. The van der Waals surface area contributed by atoms with E-state index in [4.69, 9.17) is 5.11 Å². The minimum absolute atomic E-state index is 0.000806. The Hall–Kier alpha value is -2.29. The molecule has 0 spiro atoms. The van der Waals surface area contributed by atoms with Crippen molar-refractivity contribution in [2.24, 2.45) is 0 Å². The molecule has 2 aromatic rings. The maximum atomic E-state index is 11.1. The SMILES string of the molecule is Cc1ccc(C)c(N(CC(=O)O)Cc2ccccc2)c1. The lowest BCUT2D eigenvalue weighted by atomic mass is 10.1. The van der Waals surface area contributed by atoms with Gasteiger partial charge in [0.2, 0.25) is 0 Å². The molecule has 0 aliphatic heterocycles. The monoisotopic (exact) mass is 269 g/mol. The highest BCUT2D eigenvalue weighted by atomic mass is 16.4. The largest absolute Gasteiger partial charge is 0.480 e. The molecule has 3 heteroatoms. The molecule has 3 nitrogen and oxygen atoms in total. The number of hydrogen-bond acceptors (Lipinski definition) is 2. The van der Waals surface area contributed by atoms with E-state index in [1.807, 2.05) is 67.3 Å². The summed E-state index contributed by atoms with van der Waals surface area (Å²) in [5.41, 5.74) is 4.31. The first-order chi connectivity index (χ1) is 9.56. The van der Waals surface area contributed by atoms with E-state index in [2.05, 4.69) is 0 Å². The van der Waals surface area contributed by atoms with Gasteiger partial charge in [0, 0.05) is 12.2 Å². The van der Waals surface area contributed by atoms with Crippen LogP contribution in [0.25, 0.3) is 0 Å². The van der Waals surface area contributed by atoms with E-state index in [0.29, 0.717) is 6.54 Å². The van der Waals surface area contributed by atoms with Gasteiger partial charge in [-0.25, -0.2) is 0 Å². The van der Waals surface area contributed by atoms with Crippen molar-refractivity contribution in [3.8, 4) is 0 Å². The van der Waals surface area contributed by atoms with Gasteiger partial charge in [0.05, 0.1) is 0 Å². The summed E-state index contributed by atoms with van der Waals surface area (Å²) in [6.45, 7) is 4.62. The Kier molecular flexibility index (Phi) is 4.41. The van der Waals surface area contributed by atoms with Crippen LogP contribution >= 0.6 is 0 Å². The molecular weight excluding hydrogens is 250 g/mol. The fourth-order valence-electron chi connectivity index (χ4n) is 2.25. The molecule has 2 aromatic carbocycles. The van der Waals surface area contributed by atoms with E-state index in [-0.39, 0.29) is 6.54 Å². The molecule has 104 valence electrons. The molecule has 0 heterocycles. The summed E-state index contributed by atoms with van der Waals surface area (Å²) in [6.07, 6.45) is 0. The maximum absolute atomic E-state index is 11.1. The number of aliphatic carboxylic acids is 1. The zero-order valence-electron chi connectivity index (χ0n) is 11.8. The van der Waals surface area contributed by atoms with Gasteiger partial charge in [0.25, 0.3) is 0 Å². The van der Waals surface area contributed by atoms with Gasteiger partial charge in [-0.05, 0) is 36.6 Å². The molecule has 0 fully saturated rings. The summed E-state index contributed by atoms with van der Waals surface area (Å²) in [7, 11) is 0. The third-order valence-corrected chi connectivity index (χ3v) is 3.25. The Bertz CT molecular complexity index is 593. The van der Waals surface area contributed by atoms with Crippen molar-refractivity contribution in [2.75, 3.05) is 11.4 Å². The minimum atomic E-state index is -0.818. The number of carboxylic acids is 1. The van der Waals surface area contributed by atoms with E-state index in [9.17, 15) is 4.79 Å². The number of anilines is 1. The summed E-state index contributed by atoms with van der Waals surface area (Å²) < 4.78 is 0. The van der Waals surface area contributed by atoms with Crippen LogP contribution < -0.4 is 4.90 Å². The average Bonchev–Trinajstić information content (AvgIpc) is 2.41. The van der Waals surface area contributed by atoms with Gasteiger partial charge >= 0.3 is 5.97 Å². The molecule has 0 saturated carbocycles. The van der Waals surface area contributed by atoms with E-state index < -0.39 is 5.97 Å². The summed E-state index contributed by atoms with van der Waals surface area (Å²) in [5, 5.41) is 9.14. The van der Waals surface area contributed by atoms with Gasteiger partial charge in [0.15, 0.2) is 0 Å². The standard InChI is InChI=1S/C17H19NO2/c1-13-8-9-14(2)16(10-13)18(12-17(19)20)11-15-6-4-3-5-7-15/h3-10H,11-12H2,1-2H3,(H,19,20). The normalized spacial score (nSPS) is 10.3. The molecule has 0 unspecified atom stereocenters. The fraction of sp³-hybridized carbons (Fsp3) is 0.235. The molecule has 0 aromatic heterocycles. The van der Waals surface area contributed by atoms with Gasteiger partial charge < -0.3 is 10.0 Å². The van der Waals surface area contributed by atoms with Crippen LogP contribution in [0, 0.1) is 13.8 Å². The molecule has 0 saturated heterocycles. The lowest BCUT2D eigenvalue weighted by molar-refractivity contribution is -0.135. The third kappa shape index (κ3) is 3.60. The second-order valence-electron chi connectivity index (χ2n) is 5.03. The van der Waals surface area contributed by atoms with Crippen LogP contribution in [0.4, 0.5) is 5.69 Å². The fourth-order valence-corrected chi connectivity index (χ4v) is 2.25. The summed E-state index contributed by atoms with van der Waals surface area (Å²) in [4.78, 5) is 13.0. The number of aryl methyl sites for hydroxylation is 2. The Morgan fingerprint density at radius 2 is 1.80 bits per heavy atom. The maximum Gasteiger partial charge on any atom is 0.323 e. The lowest BCUT2D eigenvalue weighted by Gasteiger charge is -2.25. The zero-order valence-corrected chi connectivity index (χ0v) is 11.8. The summed E-state index contributed by atoms with van der Waals surface area (Å²) in [5.74, 6) is -0.818. The smallest absolute Gasteiger partial charge is 0.323 e. The summed E-state index contributed by atoms with van der Waals surface area (Å²) in [6, 6.07) is 16.0. The quantitative estimate of drug-likeness (QED) is 0.904. The van der Waals surface area contributed by atoms with Crippen molar-refractivity contribution in [1.29, 1.82) is 0 Å². The van der Waals surface area contributed by atoms with Crippen LogP contribution in [0.5, 0.6) is 0 Å². The van der Waals surface area contributed by atoms with E-state index in [1.165, 1.54) is 0 Å². The second-order valence-corrected chi connectivity index (χ2v) is 5.03. The van der Waals surface area contributed by atoms with Crippen LogP contribution in [0.15, 0.2) is 48.5 Å². The Morgan fingerprint density at radius 1 is 1.10 bits per heavy atom. The Balaban J connectivity index is 2.32. The molecule has 0 bridgehead atoms. The molecule has 0 atom stereocenters. The third-order valence-electron chi connectivity index (χ3n) is 3.25. The molecule has 0 radical (unpaired) electrons. The molecule has 0 aliphatic carbocycles. The van der Waals surface area contributed by atoms with Gasteiger partial charge in [-0.2, -0.15) is 0 Å². The van der Waals surface area contributed by atoms with Crippen molar-refractivity contribution in [1.82, 2.24) is 0 Å². The number of benzene rings is 2. The zero-order chi connectivity index (χ0) is 14.5. The van der Waals surface area contributed by atoms with Crippen LogP contribution in [-0.4, -0.2) is 17.6 Å². The van der Waals surface area contributed by atoms with Crippen LogP contribution in [0.2, 0.25) is 0 Å². The average molecular weight is 269 g/mol. The molecule has 20 heavy (non-hydrogen) atoms. The molecule has 2 rings (SSSR count). The van der Waals surface area contributed by atoms with E-state index in [0.717, 1.165) is 22.4 Å². The number of hydrogen-bond donors (Lipinski definition) is 1. The topological polar surface area (TPSA) is 40.5 Å². The van der Waals surface area contributed by atoms with Crippen molar-refractivity contribution in [3.63, 3.8) is 0 Å². The predicted molar refractivity (Wildman–Crippen MR) is 81.0 cm³/mol. The highest BCUT2D eigenvalue weighted by molar-refractivity contribution is 5.74. The first-order valence-corrected chi connectivity index (χ1v) is 6.64. The van der Waals surface area contributed by atoms with Gasteiger partial charge in [0.1, 0.15) is 6.54 Å². The van der Waals surface area contributed by atoms with E-state index in [1.54, 1.807) is 0 Å². The number of rotatable bonds is 5. The Labute approximate surface area is 119 Å². The molecular formula is C17H19NO2. The number of carbonyl (C=O) groups is 1. The van der Waals surface area contributed by atoms with Crippen molar-refractivity contribution in [3.05, 3.63) is 65.2 Å². The summed E-state index contributed by atoms with van der Waals surface area (Å²) >= 11 is 0. The predicted octanol–water partition coefficient (Wildman–Crippen LogP) is 3.39. The van der Waals surface area contributed by atoms with E-state index >= 15 is 0 Å². The molecule has 0 amide bonds. The minimum Gasteiger partial charge on any atom is -0.480 e. The Morgan fingerprint density at radius 3 is 2.45 bits per heavy atom. The van der Waals surface area contributed by atoms with Crippen molar-refractivity contribution < 1.29 is 9.90 Å². The van der Waals surface area contributed by atoms with Gasteiger partial charge in [-0.15, -0.1) is 0 Å². The van der Waals surface area contributed by atoms with Crippen molar-refractivity contribution in [2.45, 2.75) is 20.4 Å². The highest BCUT2D eigenvalue weighted by Crippen LogP contribution is 2.23. The second kappa shape index (κ2) is 6.24.